The molecule has 0 saturated carbocycles. The molecule has 0 aliphatic carbocycles. The molecule has 2 aromatic carbocycles. The molecule has 0 fully saturated rings. The molecule has 2 unspecified atom stereocenters. The zero-order valence-corrected chi connectivity index (χ0v) is 23.9. The summed E-state index contributed by atoms with van der Waals surface area (Å²) in [7, 11) is -2.55. The van der Waals surface area contributed by atoms with Crippen LogP contribution in [0.2, 0.25) is 28.2 Å². The number of carbonyl (C=O) groups excluding carboxylic acids is 2. The molecule has 2 aromatic rings. The minimum absolute atomic E-state index is 0.0111. The Kier molecular flexibility index (Phi) is 10.5. The summed E-state index contributed by atoms with van der Waals surface area (Å²) in [5.74, 6) is -3.67. The van der Waals surface area contributed by atoms with E-state index in [1.54, 1.807) is 25.1 Å². The van der Waals surface area contributed by atoms with Gasteiger partial charge in [0.1, 0.15) is 11.6 Å². The molecule has 1 N–H and O–H groups in total. The summed E-state index contributed by atoms with van der Waals surface area (Å²) in [5, 5.41) is 2.94. The summed E-state index contributed by atoms with van der Waals surface area (Å²) < 4.78 is 40.5. The van der Waals surface area contributed by atoms with Gasteiger partial charge in [-0.2, -0.15) is 0 Å². The second kappa shape index (κ2) is 12.5. The molecule has 198 valence electrons. The van der Waals surface area contributed by atoms with Crippen LogP contribution in [0.3, 0.4) is 0 Å². The van der Waals surface area contributed by atoms with Gasteiger partial charge in [-0.25, -0.2) is 8.78 Å². The van der Waals surface area contributed by atoms with Gasteiger partial charge >= 0.3 is 5.97 Å². The van der Waals surface area contributed by atoms with Gasteiger partial charge in [0.05, 0.1) is 34.4 Å². The van der Waals surface area contributed by atoms with E-state index in [9.17, 15) is 18.4 Å². The lowest BCUT2D eigenvalue weighted by atomic mass is 9.91. The number of ether oxygens (including phenoxy) is 1. The van der Waals surface area contributed by atoms with Crippen molar-refractivity contribution in [2.75, 3.05) is 11.9 Å². The molecule has 2 atom stereocenters. The van der Waals surface area contributed by atoms with E-state index in [4.69, 9.17) is 32.4 Å². The van der Waals surface area contributed by atoms with Gasteiger partial charge in [-0.1, -0.05) is 56.1 Å². The number of para-hydroxylation sites is 1. The topological polar surface area (TPSA) is 64.6 Å². The first-order valence-electron chi connectivity index (χ1n) is 11.7. The lowest BCUT2D eigenvalue weighted by Crippen LogP contribution is -2.44. The Bertz CT molecular complexity index is 1070. The first-order chi connectivity index (χ1) is 16.7. The quantitative estimate of drug-likeness (QED) is 0.237. The van der Waals surface area contributed by atoms with Crippen molar-refractivity contribution in [2.24, 2.45) is 5.92 Å². The largest absolute Gasteiger partial charge is 0.466 e. The van der Waals surface area contributed by atoms with E-state index in [-0.39, 0.29) is 45.8 Å². The van der Waals surface area contributed by atoms with E-state index in [2.05, 4.69) is 5.32 Å². The van der Waals surface area contributed by atoms with Crippen LogP contribution in [0, 0.1) is 17.6 Å². The number of halogens is 4. The third-order valence-corrected chi connectivity index (χ3v) is 11.4. The minimum atomic E-state index is -2.55. The Morgan fingerprint density at radius 1 is 1.08 bits per heavy atom. The van der Waals surface area contributed by atoms with E-state index in [1.807, 2.05) is 33.9 Å². The summed E-state index contributed by atoms with van der Waals surface area (Å²) >= 11 is 12.3. The van der Waals surface area contributed by atoms with E-state index in [0.29, 0.717) is 0 Å². The smallest absolute Gasteiger partial charge is 0.311 e. The lowest BCUT2D eigenvalue weighted by molar-refractivity contribution is -0.152. The number of benzene rings is 2. The Morgan fingerprint density at radius 3 is 2.22 bits per heavy atom. The maximum absolute atomic E-state index is 15.0. The molecule has 2 rings (SSSR count). The summed E-state index contributed by atoms with van der Waals surface area (Å²) in [4.78, 5) is 25.9. The maximum atomic E-state index is 15.0. The van der Waals surface area contributed by atoms with Crippen LogP contribution in [0.4, 0.5) is 14.5 Å². The van der Waals surface area contributed by atoms with Crippen LogP contribution in [-0.2, 0) is 18.8 Å². The molecular formula is C26H33Cl2F2NO4Si. The first kappa shape index (κ1) is 30.2. The van der Waals surface area contributed by atoms with Crippen molar-refractivity contribution >= 4 is 49.1 Å². The molecule has 0 aliphatic rings. The van der Waals surface area contributed by atoms with E-state index >= 15 is 0 Å². The predicted molar refractivity (Wildman–Crippen MR) is 142 cm³/mol. The maximum Gasteiger partial charge on any atom is 0.311 e. The molecule has 0 spiro atoms. The second-order valence-electron chi connectivity index (χ2n) is 10.0. The number of esters is 1. The van der Waals surface area contributed by atoms with Gasteiger partial charge in [0.25, 0.3) is 0 Å². The predicted octanol–water partition coefficient (Wildman–Crippen LogP) is 7.93. The molecule has 1 amide bonds. The third-order valence-electron chi connectivity index (χ3n) is 6.36. The Balaban J connectivity index is 2.42. The number of amides is 1. The molecule has 5 nitrogen and oxygen atoms in total. The molecule has 0 bridgehead atoms. The summed E-state index contributed by atoms with van der Waals surface area (Å²) in [6, 6.07) is 7.98. The number of carbonyl (C=O) groups is 2. The first-order valence-corrected chi connectivity index (χ1v) is 15.4. The van der Waals surface area contributed by atoms with Gasteiger partial charge in [-0.15, -0.1) is 0 Å². The Hall–Kier alpha value is -2.00. The van der Waals surface area contributed by atoms with Crippen molar-refractivity contribution in [1.82, 2.24) is 0 Å². The van der Waals surface area contributed by atoms with Crippen LogP contribution >= 0.6 is 23.2 Å². The number of hydrogen-bond acceptors (Lipinski definition) is 4. The fourth-order valence-corrected chi connectivity index (χ4v) is 5.11. The van der Waals surface area contributed by atoms with Gasteiger partial charge in [-0.3, -0.25) is 9.59 Å². The number of anilines is 1. The molecule has 0 aliphatic heterocycles. The zero-order chi connectivity index (χ0) is 27.3. The van der Waals surface area contributed by atoms with Gasteiger partial charge in [0.2, 0.25) is 5.91 Å². The standard InChI is InChI=1S/C26H33Cl2F2NO4Si/c1-7-34-25(33)18(13-14-22(32)31-23-19(27)9-8-10-20(23)28)24(35-36(5,6)26(2,3)4)17-12-11-16(29)15-21(17)30/h8-12,15,18,24H,7,13-14H2,1-6H3,(H,31,32). The van der Waals surface area contributed by atoms with Gasteiger partial charge in [0, 0.05) is 18.1 Å². The Labute approximate surface area is 222 Å². The number of hydrogen-bond donors (Lipinski definition) is 1. The van der Waals surface area contributed by atoms with E-state index in [1.165, 1.54) is 6.07 Å². The highest BCUT2D eigenvalue weighted by molar-refractivity contribution is 6.74. The average molecular weight is 561 g/mol. The Morgan fingerprint density at radius 2 is 1.69 bits per heavy atom. The van der Waals surface area contributed by atoms with Crippen molar-refractivity contribution < 1.29 is 27.5 Å². The number of rotatable bonds is 10. The molecule has 0 radical (unpaired) electrons. The fraction of sp³-hybridized carbons (Fsp3) is 0.462. The minimum Gasteiger partial charge on any atom is -0.466 e. The van der Waals surface area contributed by atoms with Crippen LogP contribution in [-0.4, -0.2) is 26.8 Å². The van der Waals surface area contributed by atoms with Gasteiger partial charge in [0.15, 0.2) is 8.32 Å². The second-order valence-corrected chi connectivity index (χ2v) is 15.6. The highest BCUT2D eigenvalue weighted by atomic mass is 35.5. The van der Waals surface area contributed by atoms with Crippen molar-refractivity contribution in [3.63, 3.8) is 0 Å². The van der Waals surface area contributed by atoms with Crippen LogP contribution in [0.15, 0.2) is 36.4 Å². The lowest BCUT2D eigenvalue weighted by Gasteiger charge is -2.41. The van der Waals surface area contributed by atoms with E-state index < -0.39 is 43.9 Å². The van der Waals surface area contributed by atoms with Crippen LogP contribution in [0.25, 0.3) is 0 Å². The average Bonchev–Trinajstić information content (AvgIpc) is 2.75. The van der Waals surface area contributed by atoms with Crippen molar-refractivity contribution in [1.29, 1.82) is 0 Å². The summed E-state index contributed by atoms with van der Waals surface area (Å²) in [6.45, 7) is 11.7. The number of nitrogens with one attached hydrogen (secondary N) is 1. The fourth-order valence-electron chi connectivity index (χ4n) is 3.34. The monoisotopic (exact) mass is 559 g/mol. The molecule has 0 heterocycles. The molecule has 10 heteroatoms. The normalized spacial score (nSPS) is 13.7. The third kappa shape index (κ3) is 7.75. The molecule has 36 heavy (non-hydrogen) atoms. The molecule has 0 aromatic heterocycles. The summed E-state index contributed by atoms with van der Waals surface area (Å²) in [6.07, 6.45) is -1.21. The van der Waals surface area contributed by atoms with Crippen LogP contribution in [0.1, 0.15) is 52.2 Å². The molecular weight excluding hydrogens is 527 g/mol. The summed E-state index contributed by atoms with van der Waals surface area (Å²) in [5.41, 5.74) is 0.297. The highest BCUT2D eigenvalue weighted by Gasteiger charge is 2.44. The van der Waals surface area contributed by atoms with Crippen molar-refractivity contribution in [2.45, 2.75) is 64.8 Å². The molecule has 0 saturated heterocycles. The van der Waals surface area contributed by atoms with E-state index in [0.717, 1.165) is 12.1 Å². The van der Waals surface area contributed by atoms with Crippen molar-refractivity contribution in [3.05, 3.63) is 63.6 Å². The van der Waals surface area contributed by atoms with Crippen molar-refractivity contribution in [3.8, 4) is 0 Å². The van der Waals surface area contributed by atoms with Crippen LogP contribution in [0.5, 0.6) is 0 Å². The van der Waals surface area contributed by atoms with Gasteiger partial charge in [-0.05, 0) is 49.7 Å². The highest BCUT2D eigenvalue weighted by Crippen LogP contribution is 2.43. The van der Waals surface area contributed by atoms with Crippen LogP contribution < -0.4 is 5.32 Å². The SMILES string of the molecule is CCOC(=O)C(CCC(=O)Nc1c(Cl)cccc1Cl)C(O[Si](C)(C)C(C)(C)C)c1ccc(F)cc1F. The van der Waals surface area contributed by atoms with Gasteiger partial charge < -0.3 is 14.5 Å². The zero-order valence-electron chi connectivity index (χ0n) is 21.4.